The molecule has 1 aromatic rings. The van der Waals surface area contributed by atoms with Crippen LogP contribution in [0.25, 0.3) is 0 Å². The molecule has 0 saturated carbocycles. The van der Waals surface area contributed by atoms with Crippen LogP contribution < -0.4 is 0 Å². The van der Waals surface area contributed by atoms with E-state index in [4.69, 9.17) is 5.11 Å². The van der Waals surface area contributed by atoms with Gasteiger partial charge in [0, 0.05) is 6.07 Å². The highest BCUT2D eigenvalue weighted by atomic mass is 79.9. The van der Waals surface area contributed by atoms with Gasteiger partial charge in [-0.05, 0) is 34.8 Å². The third-order valence-electron chi connectivity index (χ3n) is 2.55. The molecule has 8 heteroatoms. The number of benzene rings is 1. The molecule has 0 heterocycles. The molecule has 1 N–H and O–H groups in total. The van der Waals surface area contributed by atoms with E-state index in [-0.39, 0.29) is 23.2 Å². The minimum atomic E-state index is -1.40. The number of rotatable bonds is 6. The van der Waals surface area contributed by atoms with Crippen molar-refractivity contribution in [1.82, 2.24) is 0 Å². The van der Waals surface area contributed by atoms with Gasteiger partial charge >= 0.3 is 11.9 Å². The lowest BCUT2D eigenvalue weighted by Crippen LogP contribution is -2.28. The number of nitrogens with zero attached hydrogens (tertiary/aromatic N) is 1. The van der Waals surface area contributed by atoms with Crippen LogP contribution in [0.5, 0.6) is 0 Å². The molecule has 20 heavy (non-hydrogen) atoms. The number of esters is 1. The van der Waals surface area contributed by atoms with Gasteiger partial charge in [-0.2, -0.15) is 0 Å². The summed E-state index contributed by atoms with van der Waals surface area (Å²) in [5.41, 5.74) is 0.176. The molecule has 0 aliphatic carbocycles. The van der Waals surface area contributed by atoms with Crippen molar-refractivity contribution in [2.45, 2.75) is 13.3 Å². The lowest BCUT2D eigenvalue weighted by Gasteiger charge is -2.12. The summed E-state index contributed by atoms with van der Waals surface area (Å²) in [6, 6.07) is 4.24. The first-order valence-electron chi connectivity index (χ1n) is 5.69. The molecule has 0 aliphatic rings. The summed E-state index contributed by atoms with van der Waals surface area (Å²) in [5.74, 6) is -3.59. The van der Waals surface area contributed by atoms with Crippen molar-refractivity contribution in [3.8, 4) is 0 Å². The lowest BCUT2D eigenvalue weighted by atomic mass is 9.99. The Labute approximate surface area is 122 Å². The summed E-state index contributed by atoms with van der Waals surface area (Å²) < 4.78 is 4.85. The molecule has 1 aromatic carbocycles. The summed E-state index contributed by atoms with van der Waals surface area (Å²) in [4.78, 5) is 32.9. The summed E-state index contributed by atoms with van der Waals surface area (Å²) in [6.45, 7) is 1.64. The minimum absolute atomic E-state index is 0.0682. The molecule has 0 amide bonds. The SMILES string of the molecule is CCOC(=O)C(Cc1cccc([N+](=O)[O-])c1Br)C(=O)O. The topological polar surface area (TPSA) is 107 Å². The molecule has 108 valence electrons. The van der Waals surface area contributed by atoms with Crippen molar-refractivity contribution >= 4 is 33.6 Å². The molecule has 0 aliphatic heterocycles. The first-order valence-corrected chi connectivity index (χ1v) is 6.49. The van der Waals surface area contributed by atoms with Gasteiger partial charge < -0.3 is 9.84 Å². The first-order chi connectivity index (χ1) is 9.38. The molecular weight excluding hydrogens is 334 g/mol. The standard InChI is InChI=1S/C12H12BrNO6/c1-2-20-12(17)8(11(15)16)6-7-4-3-5-9(10(7)13)14(18)19/h3-5,8H,2,6H2,1H3,(H,15,16). The Morgan fingerprint density at radius 3 is 2.65 bits per heavy atom. The number of hydrogen-bond donors (Lipinski definition) is 1. The van der Waals surface area contributed by atoms with Crippen molar-refractivity contribution in [3.63, 3.8) is 0 Å². The average Bonchev–Trinajstić information content (AvgIpc) is 2.36. The first kappa shape index (κ1) is 16.1. The molecule has 0 spiro atoms. The number of carbonyl (C=O) groups excluding carboxylic acids is 1. The number of carboxylic acids is 1. The quantitative estimate of drug-likeness (QED) is 0.366. The number of aliphatic carboxylic acids is 1. The third kappa shape index (κ3) is 3.77. The van der Waals surface area contributed by atoms with E-state index in [1.54, 1.807) is 6.92 Å². The number of nitro benzene ring substituents is 1. The predicted octanol–water partition coefficient (Wildman–Crippen LogP) is 2.16. The van der Waals surface area contributed by atoms with Crippen LogP contribution in [0.1, 0.15) is 12.5 Å². The summed E-state index contributed by atoms with van der Waals surface area (Å²) in [5, 5.41) is 19.8. The van der Waals surface area contributed by atoms with Gasteiger partial charge in [-0.3, -0.25) is 19.7 Å². The maximum Gasteiger partial charge on any atom is 0.320 e. The molecule has 1 atom stereocenters. The van der Waals surface area contributed by atoms with E-state index in [9.17, 15) is 19.7 Å². The second-order valence-corrected chi connectivity index (χ2v) is 4.65. The zero-order chi connectivity index (χ0) is 15.3. The molecular formula is C12H12BrNO6. The van der Waals surface area contributed by atoms with Crippen LogP contribution in [0.4, 0.5) is 5.69 Å². The van der Waals surface area contributed by atoms with Gasteiger partial charge in [-0.1, -0.05) is 12.1 Å². The maximum atomic E-state index is 11.6. The number of carbonyl (C=O) groups is 2. The van der Waals surface area contributed by atoms with E-state index in [0.29, 0.717) is 5.56 Å². The molecule has 0 bridgehead atoms. The number of nitro groups is 1. The number of carboxylic acid groups (broad SMARTS) is 1. The summed E-state index contributed by atoms with van der Waals surface area (Å²) in [7, 11) is 0. The van der Waals surface area contributed by atoms with Crippen molar-refractivity contribution in [2.24, 2.45) is 5.92 Å². The van der Waals surface area contributed by atoms with Crippen LogP contribution in [-0.4, -0.2) is 28.6 Å². The molecule has 1 rings (SSSR count). The van der Waals surface area contributed by atoms with Gasteiger partial charge in [0.1, 0.15) is 0 Å². The van der Waals surface area contributed by atoms with E-state index in [1.807, 2.05) is 0 Å². The van der Waals surface area contributed by atoms with Crippen LogP contribution in [0, 0.1) is 16.0 Å². The smallest absolute Gasteiger partial charge is 0.320 e. The summed E-state index contributed by atoms with van der Waals surface area (Å²) >= 11 is 3.06. The molecule has 1 unspecified atom stereocenters. The highest BCUT2D eigenvalue weighted by molar-refractivity contribution is 9.10. The Morgan fingerprint density at radius 1 is 1.50 bits per heavy atom. The molecule has 0 fully saturated rings. The van der Waals surface area contributed by atoms with Crippen molar-refractivity contribution in [2.75, 3.05) is 6.61 Å². The fourth-order valence-corrected chi connectivity index (χ4v) is 2.17. The minimum Gasteiger partial charge on any atom is -0.481 e. The van der Waals surface area contributed by atoms with Gasteiger partial charge in [0.15, 0.2) is 5.92 Å². The Hall–Kier alpha value is -1.96. The van der Waals surface area contributed by atoms with E-state index >= 15 is 0 Å². The second kappa shape index (κ2) is 6.99. The van der Waals surface area contributed by atoms with Gasteiger partial charge in [-0.15, -0.1) is 0 Å². The van der Waals surface area contributed by atoms with E-state index in [1.165, 1.54) is 18.2 Å². The number of ether oxygens (including phenoxy) is 1. The van der Waals surface area contributed by atoms with Gasteiger partial charge in [0.05, 0.1) is 16.0 Å². The van der Waals surface area contributed by atoms with Gasteiger partial charge in [0.2, 0.25) is 0 Å². The van der Waals surface area contributed by atoms with Crippen LogP contribution in [-0.2, 0) is 20.7 Å². The third-order valence-corrected chi connectivity index (χ3v) is 3.46. The van der Waals surface area contributed by atoms with Crippen molar-refractivity contribution in [3.05, 3.63) is 38.3 Å². The Morgan fingerprint density at radius 2 is 2.15 bits per heavy atom. The maximum absolute atomic E-state index is 11.6. The summed E-state index contributed by atoms with van der Waals surface area (Å²) in [6.07, 6.45) is -0.184. The van der Waals surface area contributed by atoms with Gasteiger partial charge in [0.25, 0.3) is 5.69 Å². The molecule has 0 radical (unpaired) electrons. The normalized spacial score (nSPS) is 11.7. The van der Waals surface area contributed by atoms with Crippen LogP contribution in [0.2, 0.25) is 0 Å². The Balaban J connectivity index is 3.06. The van der Waals surface area contributed by atoms with Crippen molar-refractivity contribution in [1.29, 1.82) is 0 Å². The van der Waals surface area contributed by atoms with E-state index < -0.39 is 22.8 Å². The molecule has 0 saturated heterocycles. The van der Waals surface area contributed by atoms with Crippen LogP contribution in [0.3, 0.4) is 0 Å². The van der Waals surface area contributed by atoms with Gasteiger partial charge in [-0.25, -0.2) is 0 Å². The Kier molecular flexibility index (Phi) is 5.63. The largest absolute Gasteiger partial charge is 0.481 e. The van der Waals surface area contributed by atoms with E-state index in [0.717, 1.165) is 0 Å². The Bertz CT molecular complexity index is 545. The predicted molar refractivity (Wildman–Crippen MR) is 72.3 cm³/mol. The second-order valence-electron chi connectivity index (χ2n) is 3.85. The average molecular weight is 346 g/mol. The van der Waals surface area contributed by atoms with Crippen molar-refractivity contribution < 1.29 is 24.4 Å². The molecule has 7 nitrogen and oxygen atoms in total. The zero-order valence-corrected chi connectivity index (χ0v) is 12.1. The number of hydrogen-bond acceptors (Lipinski definition) is 5. The monoisotopic (exact) mass is 345 g/mol. The highest BCUT2D eigenvalue weighted by Gasteiger charge is 2.29. The molecule has 0 aromatic heterocycles. The van der Waals surface area contributed by atoms with Crippen LogP contribution >= 0.6 is 15.9 Å². The number of halogens is 1. The van der Waals surface area contributed by atoms with E-state index in [2.05, 4.69) is 20.7 Å². The lowest BCUT2D eigenvalue weighted by molar-refractivity contribution is -0.385. The highest BCUT2D eigenvalue weighted by Crippen LogP contribution is 2.30. The fourth-order valence-electron chi connectivity index (χ4n) is 1.60. The zero-order valence-electron chi connectivity index (χ0n) is 10.5. The fraction of sp³-hybridized carbons (Fsp3) is 0.333. The van der Waals surface area contributed by atoms with Crippen LogP contribution in [0.15, 0.2) is 22.7 Å².